The molecule has 3 heterocycles. The van der Waals surface area contributed by atoms with Gasteiger partial charge in [0.15, 0.2) is 28.5 Å². The molecule has 30 heavy (non-hydrogen) atoms. The van der Waals surface area contributed by atoms with Crippen molar-refractivity contribution in [1.29, 1.82) is 0 Å². The van der Waals surface area contributed by atoms with Crippen LogP contribution in [0.1, 0.15) is 44.1 Å². The molecule has 3 aromatic rings. The van der Waals surface area contributed by atoms with Crippen molar-refractivity contribution in [2.24, 2.45) is 0 Å². The molecule has 0 fully saturated rings. The van der Waals surface area contributed by atoms with Crippen molar-refractivity contribution in [2.75, 3.05) is 19.1 Å². The van der Waals surface area contributed by atoms with Crippen molar-refractivity contribution in [2.45, 2.75) is 52.6 Å². The molecule has 0 bridgehead atoms. The summed E-state index contributed by atoms with van der Waals surface area (Å²) in [6.07, 6.45) is 0.522. The Balaban J connectivity index is 1.67. The first-order valence-electron chi connectivity index (χ1n) is 10.0. The monoisotopic (exact) mass is 414 g/mol. The smallest absolute Gasteiger partial charge is 0.312 e. The molecular formula is C21H27FN6O2. The van der Waals surface area contributed by atoms with Gasteiger partial charge in [-0.25, -0.2) is 4.98 Å². The maximum absolute atomic E-state index is 13.9. The molecule has 1 aliphatic heterocycles. The number of hydrogen-bond acceptors (Lipinski definition) is 7. The van der Waals surface area contributed by atoms with Crippen molar-refractivity contribution in [3.05, 3.63) is 35.2 Å². The Kier molecular flexibility index (Phi) is 5.23. The summed E-state index contributed by atoms with van der Waals surface area (Å²) >= 11 is 0. The highest BCUT2D eigenvalue weighted by atomic mass is 19.1. The molecule has 1 aliphatic rings. The Bertz CT molecular complexity index is 1090. The van der Waals surface area contributed by atoms with Gasteiger partial charge in [-0.05, 0) is 63.9 Å². The minimum absolute atomic E-state index is 0.0299. The second-order valence-electron chi connectivity index (χ2n) is 8.57. The molecule has 8 nitrogen and oxygen atoms in total. The van der Waals surface area contributed by atoms with Gasteiger partial charge >= 0.3 is 6.08 Å². The average molecular weight is 414 g/mol. The fraction of sp³-hybridized carbons (Fsp3) is 0.476. The third-order valence-electron chi connectivity index (χ3n) is 5.07. The lowest BCUT2D eigenvalue weighted by Gasteiger charge is -2.20. The topological polar surface area (TPSA) is 100 Å². The number of benzene rings is 1. The van der Waals surface area contributed by atoms with Gasteiger partial charge in [0.2, 0.25) is 6.79 Å². The first kappa shape index (κ1) is 20.3. The van der Waals surface area contributed by atoms with Crippen LogP contribution < -0.4 is 20.5 Å². The van der Waals surface area contributed by atoms with Gasteiger partial charge in [0.25, 0.3) is 0 Å². The van der Waals surface area contributed by atoms with Gasteiger partial charge < -0.3 is 25.1 Å². The van der Waals surface area contributed by atoms with Crippen LogP contribution >= 0.6 is 0 Å². The number of nitrogens with zero attached hydrogens (tertiary/aromatic N) is 4. The zero-order valence-electron chi connectivity index (χ0n) is 17.8. The molecule has 0 radical (unpaired) electrons. The van der Waals surface area contributed by atoms with Crippen LogP contribution in [0.5, 0.6) is 11.5 Å². The molecule has 1 aromatic carbocycles. The third kappa shape index (κ3) is 4.16. The maximum atomic E-state index is 13.9. The predicted octanol–water partition coefficient (Wildman–Crippen LogP) is 2.95. The van der Waals surface area contributed by atoms with E-state index in [0.29, 0.717) is 24.1 Å². The number of aryl methyl sites for hydroxylation is 2. The highest BCUT2D eigenvalue weighted by Crippen LogP contribution is 2.35. The molecule has 0 saturated heterocycles. The molecule has 0 unspecified atom stereocenters. The summed E-state index contributed by atoms with van der Waals surface area (Å²) in [5, 5.41) is 3.47. The summed E-state index contributed by atoms with van der Waals surface area (Å²) in [5.74, 6) is 2.27. The molecule has 0 saturated carbocycles. The lowest BCUT2D eigenvalue weighted by Crippen LogP contribution is -2.36. The second-order valence-corrected chi connectivity index (χ2v) is 8.57. The molecule has 0 amide bonds. The summed E-state index contributed by atoms with van der Waals surface area (Å²) < 4.78 is 26.8. The molecule has 4 rings (SSSR count). The van der Waals surface area contributed by atoms with Gasteiger partial charge in [0.1, 0.15) is 5.82 Å². The average Bonchev–Trinajstić information content (AvgIpc) is 3.23. The van der Waals surface area contributed by atoms with Gasteiger partial charge in [0, 0.05) is 18.5 Å². The van der Waals surface area contributed by atoms with Gasteiger partial charge in [-0.3, -0.25) is 0 Å². The number of nitrogens with two attached hydrogens (primary N) is 1. The molecule has 160 valence electrons. The van der Waals surface area contributed by atoms with Crippen molar-refractivity contribution in [3.8, 4) is 11.5 Å². The fourth-order valence-electron chi connectivity index (χ4n) is 3.56. The molecule has 0 aliphatic carbocycles. The minimum Gasteiger partial charge on any atom is -0.454 e. The number of imidazole rings is 1. The Hall–Kier alpha value is -2.94. The largest absolute Gasteiger partial charge is 0.454 e. The van der Waals surface area contributed by atoms with Crippen molar-refractivity contribution >= 4 is 17.0 Å². The first-order valence-corrected chi connectivity index (χ1v) is 10.0. The van der Waals surface area contributed by atoms with Crippen LogP contribution in [0.3, 0.4) is 0 Å². The molecule has 0 spiro atoms. The number of rotatable bonds is 6. The second kappa shape index (κ2) is 7.71. The van der Waals surface area contributed by atoms with Crippen LogP contribution in [0.15, 0.2) is 12.1 Å². The van der Waals surface area contributed by atoms with Crippen LogP contribution in [0.2, 0.25) is 0 Å². The Labute approximate surface area is 174 Å². The predicted molar refractivity (Wildman–Crippen MR) is 112 cm³/mol. The van der Waals surface area contributed by atoms with Gasteiger partial charge in [-0.1, -0.05) is 0 Å². The van der Waals surface area contributed by atoms with E-state index in [-0.39, 0.29) is 18.1 Å². The number of aromatic nitrogens is 4. The lowest BCUT2D eigenvalue weighted by molar-refractivity contribution is 0.174. The molecule has 2 aromatic heterocycles. The first-order chi connectivity index (χ1) is 14.2. The number of ether oxygens (including phenoxy) is 2. The van der Waals surface area contributed by atoms with E-state index in [0.717, 1.165) is 41.4 Å². The lowest BCUT2D eigenvalue weighted by atomic mass is 10.0. The van der Waals surface area contributed by atoms with Crippen LogP contribution in [0, 0.1) is 13.0 Å². The van der Waals surface area contributed by atoms with E-state index in [1.54, 1.807) is 0 Å². The molecule has 0 atom stereocenters. The van der Waals surface area contributed by atoms with Crippen LogP contribution in [0.4, 0.5) is 10.2 Å². The van der Waals surface area contributed by atoms with E-state index >= 15 is 0 Å². The van der Waals surface area contributed by atoms with Crippen LogP contribution in [-0.2, 0) is 13.0 Å². The van der Waals surface area contributed by atoms with E-state index in [9.17, 15) is 4.39 Å². The summed E-state index contributed by atoms with van der Waals surface area (Å²) in [5.41, 5.74) is 8.93. The summed E-state index contributed by atoms with van der Waals surface area (Å²) in [6, 6.07) is 3.93. The SMILES string of the molecule is Cc1cc2c(cc1Cc1nc3c(N)nc(F)nc3n1CCCNC(C)(C)C)OCO2. The van der Waals surface area contributed by atoms with Crippen molar-refractivity contribution < 1.29 is 13.9 Å². The molecule has 3 N–H and O–H groups in total. The number of anilines is 1. The van der Waals surface area contributed by atoms with Gasteiger partial charge in [-0.15, -0.1) is 0 Å². The molecular weight excluding hydrogens is 387 g/mol. The Morgan fingerprint density at radius 3 is 2.63 bits per heavy atom. The van der Waals surface area contributed by atoms with E-state index in [1.165, 1.54) is 0 Å². The third-order valence-corrected chi connectivity index (χ3v) is 5.07. The summed E-state index contributed by atoms with van der Waals surface area (Å²) in [4.78, 5) is 12.3. The maximum Gasteiger partial charge on any atom is 0.312 e. The van der Waals surface area contributed by atoms with Crippen molar-refractivity contribution in [1.82, 2.24) is 24.8 Å². The van der Waals surface area contributed by atoms with Gasteiger partial charge in [-0.2, -0.15) is 14.4 Å². The van der Waals surface area contributed by atoms with Crippen molar-refractivity contribution in [3.63, 3.8) is 0 Å². The fourth-order valence-corrected chi connectivity index (χ4v) is 3.56. The van der Waals surface area contributed by atoms with E-state index in [4.69, 9.17) is 15.2 Å². The number of nitrogens with one attached hydrogen (secondary N) is 1. The minimum atomic E-state index is -0.847. The zero-order valence-corrected chi connectivity index (χ0v) is 17.8. The zero-order chi connectivity index (χ0) is 21.5. The summed E-state index contributed by atoms with van der Waals surface area (Å²) in [6.45, 7) is 10.1. The van der Waals surface area contributed by atoms with Crippen LogP contribution in [-0.4, -0.2) is 38.4 Å². The summed E-state index contributed by atoms with van der Waals surface area (Å²) in [7, 11) is 0. The van der Waals surface area contributed by atoms with Crippen LogP contribution in [0.25, 0.3) is 11.2 Å². The Morgan fingerprint density at radius 1 is 1.17 bits per heavy atom. The van der Waals surface area contributed by atoms with E-state index in [1.807, 2.05) is 23.6 Å². The highest BCUT2D eigenvalue weighted by Gasteiger charge is 2.20. The number of hydrogen-bond donors (Lipinski definition) is 2. The van der Waals surface area contributed by atoms with E-state index in [2.05, 4.69) is 41.0 Å². The van der Waals surface area contributed by atoms with E-state index < -0.39 is 6.08 Å². The quantitative estimate of drug-likeness (QED) is 0.472. The normalized spacial score (nSPS) is 13.4. The molecule has 9 heteroatoms. The number of halogens is 1. The highest BCUT2D eigenvalue weighted by molar-refractivity contribution is 5.82. The number of fused-ring (bicyclic) bond motifs is 2. The Morgan fingerprint density at radius 2 is 1.90 bits per heavy atom. The van der Waals surface area contributed by atoms with Gasteiger partial charge in [0.05, 0.1) is 0 Å². The standard InChI is InChI=1S/C21H27FN6O2/c1-12-8-14-15(30-11-29-14)9-13(12)10-16-25-17-18(23)26-20(22)27-19(17)28(16)7-5-6-24-21(2,3)4/h8-9,24H,5-7,10-11H2,1-4H3,(H2,23,26,27). The number of nitrogen functional groups attached to an aromatic ring is 1.